The van der Waals surface area contributed by atoms with Gasteiger partial charge < -0.3 is 9.88 Å². The zero-order valence-electron chi connectivity index (χ0n) is 17.4. The predicted molar refractivity (Wildman–Crippen MR) is 123 cm³/mol. The Kier molecular flexibility index (Phi) is 6.33. The van der Waals surface area contributed by atoms with Crippen molar-refractivity contribution < 1.29 is 13.2 Å². The van der Waals surface area contributed by atoms with Crippen LogP contribution in [-0.4, -0.2) is 31.7 Å². The molecule has 2 aromatic carbocycles. The fraction of sp³-hybridized carbons (Fsp3) is 0.333. The molecule has 7 nitrogen and oxygen atoms in total. The number of rotatable bonds is 7. The minimum Gasteiger partial charge on any atom is -0.326 e. The molecule has 0 aliphatic heterocycles. The molecule has 0 fully saturated rings. The number of sulfonamides is 1. The first-order chi connectivity index (χ1) is 14.1. The number of hydrogen-bond acceptors (Lipinski definition) is 5. The largest absolute Gasteiger partial charge is 0.326 e. The van der Waals surface area contributed by atoms with E-state index in [1.807, 2.05) is 26.0 Å². The Balaban J connectivity index is 1.66. The number of carbonyl (C=O) groups excluding carboxylic acids is 1. The van der Waals surface area contributed by atoms with Gasteiger partial charge in [-0.1, -0.05) is 23.5 Å². The maximum atomic E-state index is 12.4. The van der Waals surface area contributed by atoms with Crippen LogP contribution in [0, 0.1) is 13.8 Å². The molecule has 30 heavy (non-hydrogen) atoms. The van der Waals surface area contributed by atoms with Crippen LogP contribution in [0.5, 0.6) is 0 Å². The lowest BCUT2D eigenvalue weighted by molar-refractivity contribution is -0.116. The van der Waals surface area contributed by atoms with Crippen LogP contribution in [0.2, 0.25) is 0 Å². The Morgan fingerprint density at radius 1 is 1.20 bits per heavy atom. The predicted octanol–water partition coefficient (Wildman–Crippen LogP) is 3.40. The summed E-state index contributed by atoms with van der Waals surface area (Å²) in [6.07, 6.45) is 1.74. The van der Waals surface area contributed by atoms with Gasteiger partial charge in [0.2, 0.25) is 15.9 Å². The number of anilines is 2. The quantitative estimate of drug-likeness (QED) is 0.601. The smallest absolute Gasteiger partial charge is 0.307 e. The average molecular weight is 448 g/mol. The van der Waals surface area contributed by atoms with Gasteiger partial charge in [-0.25, -0.2) is 8.42 Å². The maximum absolute atomic E-state index is 12.4. The number of nitrogens with zero attached hydrogens (tertiary/aromatic N) is 2. The van der Waals surface area contributed by atoms with Gasteiger partial charge in [-0.2, -0.15) is 0 Å². The van der Waals surface area contributed by atoms with Crippen LogP contribution in [-0.2, 0) is 21.9 Å². The normalized spacial score (nSPS) is 11.6. The van der Waals surface area contributed by atoms with Crippen LogP contribution in [0.15, 0.2) is 41.2 Å². The molecule has 0 aliphatic carbocycles. The van der Waals surface area contributed by atoms with Crippen LogP contribution < -0.4 is 14.5 Å². The van der Waals surface area contributed by atoms with E-state index < -0.39 is 10.0 Å². The van der Waals surface area contributed by atoms with Crippen molar-refractivity contribution >= 4 is 48.9 Å². The van der Waals surface area contributed by atoms with Crippen LogP contribution >= 0.6 is 11.3 Å². The fourth-order valence-corrected chi connectivity index (χ4v) is 5.22. The minimum atomic E-state index is -3.47. The van der Waals surface area contributed by atoms with Crippen molar-refractivity contribution in [1.29, 1.82) is 0 Å². The molecular formula is C21H25N3O4S2. The molecule has 0 bridgehead atoms. The Hall–Kier alpha value is -2.65. The molecule has 3 aromatic rings. The first-order valence-corrected chi connectivity index (χ1v) is 12.2. The first kappa shape index (κ1) is 22.0. The first-order valence-electron chi connectivity index (χ1n) is 9.51. The zero-order chi connectivity index (χ0) is 22.1. The third-order valence-electron chi connectivity index (χ3n) is 5.09. The summed E-state index contributed by atoms with van der Waals surface area (Å²) >= 11 is 1.13. The van der Waals surface area contributed by atoms with Crippen LogP contribution in [0.3, 0.4) is 0 Å². The highest BCUT2D eigenvalue weighted by Crippen LogP contribution is 2.25. The zero-order valence-corrected chi connectivity index (χ0v) is 19.1. The molecular weight excluding hydrogens is 422 g/mol. The summed E-state index contributed by atoms with van der Waals surface area (Å²) in [7, 11) is -1.76. The number of hydrogen-bond donors (Lipinski definition) is 1. The summed E-state index contributed by atoms with van der Waals surface area (Å²) in [6.45, 7) is 4.05. The summed E-state index contributed by atoms with van der Waals surface area (Å²) in [6, 6.07) is 10.9. The second-order valence-electron chi connectivity index (χ2n) is 7.32. The van der Waals surface area contributed by atoms with Crippen molar-refractivity contribution in [2.75, 3.05) is 22.4 Å². The topological polar surface area (TPSA) is 88.5 Å². The van der Waals surface area contributed by atoms with E-state index in [1.165, 1.54) is 10.6 Å². The molecule has 0 radical (unpaired) electrons. The molecule has 1 N–H and O–H groups in total. The third-order valence-corrected chi connectivity index (χ3v) is 7.26. The molecule has 160 valence electrons. The molecule has 0 spiro atoms. The van der Waals surface area contributed by atoms with Crippen molar-refractivity contribution in [2.45, 2.75) is 26.7 Å². The van der Waals surface area contributed by atoms with Gasteiger partial charge in [0, 0.05) is 25.7 Å². The summed E-state index contributed by atoms with van der Waals surface area (Å²) in [4.78, 5) is 24.1. The van der Waals surface area contributed by atoms with Crippen molar-refractivity contribution in [3.05, 3.63) is 57.2 Å². The Labute approximate surface area is 180 Å². The fourth-order valence-electron chi connectivity index (χ4n) is 3.29. The monoisotopic (exact) mass is 447 g/mol. The molecule has 1 heterocycles. The van der Waals surface area contributed by atoms with Gasteiger partial charge >= 0.3 is 4.87 Å². The highest BCUT2D eigenvalue weighted by atomic mass is 32.2. The van der Waals surface area contributed by atoms with Crippen molar-refractivity contribution in [2.24, 2.45) is 7.05 Å². The molecule has 0 saturated carbocycles. The summed E-state index contributed by atoms with van der Waals surface area (Å²) in [5.41, 5.74) is 3.99. The van der Waals surface area contributed by atoms with Crippen molar-refractivity contribution in [1.82, 2.24) is 4.57 Å². The van der Waals surface area contributed by atoms with E-state index in [0.29, 0.717) is 17.8 Å². The van der Waals surface area contributed by atoms with Crippen molar-refractivity contribution in [3.8, 4) is 0 Å². The third kappa shape index (κ3) is 4.73. The molecule has 9 heteroatoms. The standard InChI is InChI=1S/C21H25N3O4S2/c1-14-7-5-8-17(15(14)2)24(30(4,27)28)12-6-9-20(25)22-16-10-11-18-19(13-16)29-21(26)23(18)3/h5,7-8,10-11,13H,6,9,12H2,1-4H3,(H,22,25). The van der Waals surface area contributed by atoms with E-state index in [1.54, 1.807) is 35.9 Å². The number of nitrogens with one attached hydrogen (secondary N) is 1. The van der Waals surface area contributed by atoms with E-state index in [0.717, 1.165) is 32.7 Å². The average Bonchev–Trinajstić information content (AvgIpc) is 2.94. The highest BCUT2D eigenvalue weighted by molar-refractivity contribution is 7.92. The Morgan fingerprint density at radius 2 is 1.93 bits per heavy atom. The van der Waals surface area contributed by atoms with Gasteiger partial charge in [0.25, 0.3) is 0 Å². The number of thiazole rings is 1. The number of aryl methyl sites for hydroxylation is 2. The van der Waals surface area contributed by atoms with E-state index >= 15 is 0 Å². The SMILES string of the molecule is Cc1cccc(N(CCCC(=O)Nc2ccc3c(c2)sc(=O)n3C)S(C)(=O)=O)c1C. The molecule has 1 amide bonds. The van der Waals surface area contributed by atoms with E-state index in [-0.39, 0.29) is 23.7 Å². The molecule has 0 aliphatic rings. The summed E-state index contributed by atoms with van der Waals surface area (Å²) < 4.78 is 28.4. The number of amides is 1. The Morgan fingerprint density at radius 3 is 2.63 bits per heavy atom. The maximum Gasteiger partial charge on any atom is 0.307 e. The van der Waals surface area contributed by atoms with E-state index in [4.69, 9.17) is 0 Å². The lowest BCUT2D eigenvalue weighted by Crippen LogP contribution is -2.32. The van der Waals surface area contributed by atoms with Gasteiger partial charge in [0.1, 0.15) is 0 Å². The van der Waals surface area contributed by atoms with Gasteiger partial charge in [-0.05, 0) is 55.7 Å². The molecule has 0 unspecified atom stereocenters. The molecule has 3 rings (SSSR count). The van der Waals surface area contributed by atoms with Gasteiger partial charge in [-0.3, -0.25) is 13.9 Å². The summed E-state index contributed by atoms with van der Waals surface area (Å²) in [5, 5.41) is 2.82. The van der Waals surface area contributed by atoms with Crippen LogP contribution in [0.4, 0.5) is 11.4 Å². The second-order valence-corrected chi connectivity index (χ2v) is 10.2. The van der Waals surface area contributed by atoms with Gasteiger partial charge in [0.05, 0.1) is 22.2 Å². The van der Waals surface area contributed by atoms with Crippen molar-refractivity contribution in [3.63, 3.8) is 0 Å². The molecule has 0 saturated heterocycles. The molecule has 1 aromatic heterocycles. The van der Waals surface area contributed by atoms with Gasteiger partial charge in [-0.15, -0.1) is 0 Å². The molecule has 0 atom stereocenters. The van der Waals surface area contributed by atoms with Gasteiger partial charge in [0.15, 0.2) is 0 Å². The lowest BCUT2D eigenvalue weighted by Gasteiger charge is -2.24. The number of benzene rings is 2. The van der Waals surface area contributed by atoms with E-state index in [2.05, 4.69) is 5.32 Å². The van der Waals surface area contributed by atoms with Crippen LogP contribution in [0.1, 0.15) is 24.0 Å². The number of carbonyl (C=O) groups is 1. The number of fused-ring (bicyclic) bond motifs is 1. The van der Waals surface area contributed by atoms with Crippen LogP contribution in [0.25, 0.3) is 10.2 Å². The second kappa shape index (κ2) is 8.61. The number of aromatic nitrogens is 1. The lowest BCUT2D eigenvalue weighted by atomic mass is 10.1. The Bertz CT molecular complexity index is 1260. The highest BCUT2D eigenvalue weighted by Gasteiger charge is 2.20. The summed E-state index contributed by atoms with van der Waals surface area (Å²) in [5.74, 6) is -0.202. The minimum absolute atomic E-state index is 0.0548. The van der Waals surface area contributed by atoms with E-state index in [9.17, 15) is 18.0 Å².